The second-order valence-corrected chi connectivity index (χ2v) is 5.87. The third kappa shape index (κ3) is 5.00. The molecule has 1 fully saturated rings. The molecule has 0 radical (unpaired) electrons. The second kappa shape index (κ2) is 8.15. The van der Waals surface area contributed by atoms with Gasteiger partial charge in [-0.15, -0.1) is 0 Å². The third-order valence-electron chi connectivity index (χ3n) is 3.96. The maximum absolute atomic E-state index is 11.6. The minimum atomic E-state index is -0.328. The monoisotopic (exact) mass is 306 g/mol. The summed E-state index contributed by atoms with van der Waals surface area (Å²) in [7, 11) is 3.55. The smallest absolute Gasteiger partial charge is 0.337 e. The van der Waals surface area contributed by atoms with Gasteiger partial charge in [-0.3, -0.25) is 0 Å². The largest absolute Gasteiger partial charge is 0.494 e. The van der Waals surface area contributed by atoms with Crippen LogP contribution in [0.4, 0.5) is 0 Å². The van der Waals surface area contributed by atoms with Crippen molar-refractivity contribution in [3.8, 4) is 5.75 Å². The Morgan fingerprint density at radius 1 is 1.18 bits per heavy atom. The normalized spacial score (nSPS) is 16.5. The van der Waals surface area contributed by atoms with Crippen LogP contribution in [0.3, 0.4) is 0 Å². The predicted molar refractivity (Wildman–Crippen MR) is 86.6 cm³/mol. The van der Waals surface area contributed by atoms with Crippen LogP contribution in [0.5, 0.6) is 5.75 Å². The van der Waals surface area contributed by atoms with Gasteiger partial charge in [0.2, 0.25) is 0 Å². The number of benzene rings is 1. The van der Waals surface area contributed by atoms with Crippen LogP contribution in [-0.4, -0.2) is 69.3 Å². The van der Waals surface area contributed by atoms with E-state index in [-0.39, 0.29) is 5.97 Å². The van der Waals surface area contributed by atoms with Crippen LogP contribution < -0.4 is 4.74 Å². The van der Waals surface area contributed by atoms with E-state index in [1.807, 2.05) is 19.1 Å². The molecule has 2 rings (SSSR count). The minimum absolute atomic E-state index is 0.328. The third-order valence-corrected chi connectivity index (χ3v) is 3.96. The van der Waals surface area contributed by atoms with Gasteiger partial charge in [0.25, 0.3) is 0 Å². The number of nitrogens with zero attached hydrogens (tertiary/aromatic N) is 2. The van der Waals surface area contributed by atoms with Crippen LogP contribution in [0.15, 0.2) is 18.2 Å². The predicted octanol–water partition coefficient (Wildman–Crippen LogP) is 1.80. The highest BCUT2D eigenvalue weighted by Crippen LogP contribution is 2.18. The molecule has 1 aliphatic heterocycles. The molecule has 1 aliphatic rings. The molecule has 1 aromatic carbocycles. The minimum Gasteiger partial charge on any atom is -0.494 e. The van der Waals surface area contributed by atoms with E-state index in [0.717, 1.165) is 50.5 Å². The number of carbonyl (C=O) groups is 1. The van der Waals surface area contributed by atoms with Crippen molar-refractivity contribution in [2.75, 3.05) is 53.5 Å². The van der Waals surface area contributed by atoms with E-state index in [4.69, 9.17) is 9.47 Å². The Kier molecular flexibility index (Phi) is 6.21. The molecule has 22 heavy (non-hydrogen) atoms. The van der Waals surface area contributed by atoms with Crippen molar-refractivity contribution in [2.45, 2.75) is 13.3 Å². The summed E-state index contributed by atoms with van der Waals surface area (Å²) < 4.78 is 10.5. The SMILES string of the molecule is COC(=O)c1cc(C)cc(OCCCN2CCN(C)CC2)c1. The van der Waals surface area contributed by atoms with Crippen LogP contribution in [0.25, 0.3) is 0 Å². The van der Waals surface area contributed by atoms with E-state index in [1.165, 1.54) is 7.11 Å². The number of carbonyl (C=O) groups excluding carboxylic acids is 1. The van der Waals surface area contributed by atoms with Crippen molar-refractivity contribution in [3.63, 3.8) is 0 Å². The molecule has 0 bridgehead atoms. The Hall–Kier alpha value is -1.59. The summed E-state index contributed by atoms with van der Waals surface area (Å²) in [5.41, 5.74) is 1.54. The van der Waals surface area contributed by atoms with Gasteiger partial charge in [0, 0.05) is 32.7 Å². The van der Waals surface area contributed by atoms with E-state index >= 15 is 0 Å². The molecular weight excluding hydrogens is 280 g/mol. The molecular formula is C17H26N2O3. The van der Waals surface area contributed by atoms with Gasteiger partial charge < -0.3 is 19.3 Å². The van der Waals surface area contributed by atoms with E-state index in [0.29, 0.717) is 12.2 Å². The van der Waals surface area contributed by atoms with Crippen LogP contribution in [-0.2, 0) is 4.74 Å². The number of methoxy groups -OCH3 is 1. The molecule has 0 saturated carbocycles. The van der Waals surface area contributed by atoms with Gasteiger partial charge in [-0.25, -0.2) is 4.79 Å². The fourth-order valence-corrected chi connectivity index (χ4v) is 2.62. The molecule has 1 heterocycles. The number of esters is 1. The molecule has 1 aromatic rings. The standard InChI is InChI=1S/C17H26N2O3/c1-14-11-15(17(20)21-3)13-16(12-14)22-10-4-5-19-8-6-18(2)7-9-19/h11-13H,4-10H2,1-3H3. The Labute approximate surface area is 132 Å². The van der Waals surface area contributed by atoms with E-state index in [9.17, 15) is 4.79 Å². The fraction of sp³-hybridized carbons (Fsp3) is 0.588. The summed E-state index contributed by atoms with van der Waals surface area (Å²) in [6.45, 7) is 8.22. The molecule has 1 saturated heterocycles. The van der Waals surface area contributed by atoms with E-state index in [2.05, 4.69) is 16.8 Å². The van der Waals surface area contributed by atoms with Gasteiger partial charge in [-0.1, -0.05) is 0 Å². The summed E-state index contributed by atoms with van der Waals surface area (Å²) in [4.78, 5) is 16.4. The number of rotatable bonds is 6. The van der Waals surface area contributed by atoms with Crippen molar-refractivity contribution in [2.24, 2.45) is 0 Å². The average molecular weight is 306 g/mol. The molecule has 0 unspecified atom stereocenters. The first kappa shape index (κ1) is 16.8. The summed E-state index contributed by atoms with van der Waals surface area (Å²) in [6, 6.07) is 5.50. The lowest BCUT2D eigenvalue weighted by Gasteiger charge is -2.32. The average Bonchev–Trinajstić information content (AvgIpc) is 2.52. The Morgan fingerprint density at radius 2 is 1.91 bits per heavy atom. The van der Waals surface area contributed by atoms with Gasteiger partial charge in [-0.05, 0) is 44.2 Å². The first-order valence-electron chi connectivity index (χ1n) is 7.82. The molecule has 0 aliphatic carbocycles. The zero-order valence-corrected chi connectivity index (χ0v) is 13.8. The molecule has 122 valence electrons. The number of aryl methyl sites for hydroxylation is 1. The number of ether oxygens (including phenoxy) is 2. The van der Waals surface area contributed by atoms with Crippen molar-refractivity contribution >= 4 is 5.97 Å². The molecule has 5 nitrogen and oxygen atoms in total. The lowest BCUT2D eigenvalue weighted by atomic mass is 10.1. The van der Waals surface area contributed by atoms with Gasteiger partial charge >= 0.3 is 5.97 Å². The summed E-state index contributed by atoms with van der Waals surface area (Å²) in [5, 5.41) is 0. The molecule has 0 amide bonds. The highest BCUT2D eigenvalue weighted by atomic mass is 16.5. The molecule has 0 atom stereocenters. The first-order valence-corrected chi connectivity index (χ1v) is 7.82. The maximum Gasteiger partial charge on any atom is 0.337 e. The Morgan fingerprint density at radius 3 is 2.59 bits per heavy atom. The number of piperazine rings is 1. The van der Waals surface area contributed by atoms with Crippen molar-refractivity contribution in [1.29, 1.82) is 0 Å². The topological polar surface area (TPSA) is 42.0 Å². The Balaban J connectivity index is 1.77. The second-order valence-electron chi connectivity index (χ2n) is 5.87. The van der Waals surface area contributed by atoms with Crippen LogP contribution >= 0.6 is 0 Å². The zero-order chi connectivity index (χ0) is 15.9. The number of hydrogen-bond acceptors (Lipinski definition) is 5. The lowest BCUT2D eigenvalue weighted by molar-refractivity contribution is 0.0600. The molecule has 0 N–H and O–H groups in total. The number of hydrogen-bond donors (Lipinski definition) is 0. The highest BCUT2D eigenvalue weighted by Gasteiger charge is 2.13. The van der Waals surface area contributed by atoms with Crippen LogP contribution in [0, 0.1) is 6.92 Å². The summed E-state index contributed by atoms with van der Waals surface area (Å²) in [6.07, 6.45) is 0.991. The fourth-order valence-electron chi connectivity index (χ4n) is 2.62. The first-order chi connectivity index (χ1) is 10.6. The molecule has 0 aromatic heterocycles. The quantitative estimate of drug-likeness (QED) is 0.592. The van der Waals surface area contributed by atoms with Gasteiger partial charge in [0.1, 0.15) is 5.75 Å². The van der Waals surface area contributed by atoms with E-state index < -0.39 is 0 Å². The number of likely N-dealkylation sites (N-methyl/N-ethyl adjacent to an activating group) is 1. The molecule has 0 spiro atoms. The van der Waals surface area contributed by atoms with Crippen LogP contribution in [0.2, 0.25) is 0 Å². The summed E-state index contributed by atoms with van der Waals surface area (Å²) in [5.74, 6) is 0.407. The van der Waals surface area contributed by atoms with Crippen LogP contribution in [0.1, 0.15) is 22.3 Å². The summed E-state index contributed by atoms with van der Waals surface area (Å²) >= 11 is 0. The van der Waals surface area contributed by atoms with Gasteiger partial charge in [0.15, 0.2) is 0 Å². The Bertz CT molecular complexity index is 497. The highest BCUT2D eigenvalue weighted by molar-refractivity contribution is 5.90. The lowest BCUT2D eigenvalue weighted by Crippen LogP contribution is -2.44. The van der Waals surface area contributed by atoms with Crippen molar-refractivity contribution in [3.05, 3.63) is 29.3 Å². The van der Waals surface area contributed by atoms with Gasteiger partial charge in [0.05, 0.1) is 19.3 Å². The van der Waals surface area contributed by atoms with E-state index in [1.54, 1.807) is 6.07 Å². The van der Waals surface area contributed by atoms with Crippen molar-refractivity contribution < 1.29 is 14.3 Å². The maximum atomic E-state index is 11.6. The van der Waals surface area contributed by atoms with Gasteiger partial charge in [-0.2, -0.15) is 0 Å². The molecule has 5 heteroatoms. The zero-order valence-electron chi connectivity index (χ0n) is 13.8. The van der Waals surface area contributed by atoms with Crippen molar-refractivity contribution in [1.82, 2.24) is 9.80 Å².